The second kappa shape index (κ2) is 8.88. The average molecular weight is 417 g/mol. The lowest BCUT2D eigenvalue weighted by molar-refractivity contribution is -0.144. The number of aromatic nitrogens is 1. The zero-order valence-corrected chi connectivity index (χ0v) is 18.2. The third-order valence-corrected chi connectivity index (χ3v) is 6.24. The van der Waals surface area contributed by atoms with Gasteiger partial charge in [-0.1, -0.05) is 37.3 Å². The summed E-state index contributed by atoms with van der Waals surface area (Å²) in [5, 5.41) is 3.39. The summed E-state index contributed by atoms with van der Waals surface area (Å²) < 4.78 is 5.68. The van der Waals surface area contributed by atoms with Crippen LogP contribution in [0.25, 0.3) is 0 Å². The molecule has 1 aromatic carbocycles. The normalized spacial score (nSPS) is 22.0. The van der Waals surface area contributed by atoms with Crippen molar-refractivity contribution < 1.29 is 14.3 Å². The van der Waals surface area contributed by atoms with E-state index in [1.54, 1.807) is 12.4 Å². The van der Waals surface area contributed by atoms with Gasteiger partial charge < -0.3 is 10.1 Å². The zero-order chi connectivity index (χ0) is 22.0. The maximum absolute atomic E-state index is 13.5. The van der Waals surface area contributed by atoms with E-state index in [4.69, 9.17) is 4.74 Å². The maximum atomic E-state index is 13.5. The minimum absolute atomic E-state index is 0.0748. The molecule has 0 saturated heterocycles. The Morgan fingerprint density at radius 3 is 2.52 bits per heavy atom. The summed E-state index contributed by atoms with van der Waals surface area (Å²) in [4.78, 5) is 30.7. The smallest absolute Gasteiger partial charge is 0.337 e. The highest BCUT2D eigenvalue weighted by molar-refractivity contribution is 6.04. The molecule has 0 spiro atoms. The van der Waals surface area contributed by atoms with E-state index in [1.807, 2.05) is 51.1 Å². The third kappa shape index (κ3) is 4.18. The van der Waals surface area contributed by atoms with Crippen molar-refractivity contribution in [3.05, 3.63) is 88.5 Å². The number of esters is 1. The summed E-state index contributed by atoms with van der Waals surface area (Å²) in [6, 6.07) is 13.9. The Hall–Kier alpha value is -3.21. The minimum atomic E-state index is -0.444. The summed E-state index contributed by atoms with van der Waals surface area (Å²) in [7, 11) is 0. The Bertz CT molecular complexity index is 1040. The fourth-order valence-corrected chi connectivity index (χ4v) is 4.49. The van der Waals surface area contributed by atoms with Crippen molar-refractivity contribution in [2.75, 3.05) is 0 Å². The molecule has 5 heteroatoms. The van der Waals surface area contributed by atoms with Crippen LogP contribution in [0, 0.1) is 0 Å². The molecule has 3 atom stereocenters. The molecule has 5 nitrogen and oxygen atoms in total. The van der Waals surface area contributed by atoms with Gasteiger partial charge in [-0.2, -0.15) is 0 Å². The predicted molar refractivity (Wildman–Crippen MR) is 119 cm³/mol. The average Bonchev–Trinajstić information content (AvgIpc) is 2.79. The molecule has 0 unspecified atom stereocenters. The van der Waals surface area contributed by atoms with Crippen LogP contribution in [0.2, 0.25) is 0 Å². The van der Waals surface area contributed by atoms with Gasteiger partial charge in [0.25, 0.3) is 0 Å². The Kier molecular flexibility index (Phi) is 6.03. The lowest BCUT2D eigenvalue weighted by Gasteiger charge is -2.37. The molecule has 2 aromatic rings. The van der Waals surface area contributed by atoms with Gasteiger partial charge in [0.1, 0.15) is 0 Å². The number of Topliss-reactive ketones (excluding diaryl/α,β-unsaturated/α-hetero) is 1. The van der Waals surface area contributed by atoms with Crippen molar-refractivity contribution >= 4 is 11.8 Å². The highest BCUT2D eigenvalue weighted by atomic mass is 16.5. The Morgan fingerprint density at radius 2 is 1.84 bits per heavy atom. The van der Waals surface area contributed by atoms with E-state index in [9.17, 15) is 9.59 Å². The number of rotatable bonds is 5. The van der Waals surface area contributed by atoms with Gasteiger partial charge in [-0.05, 0) is 55.9 Å². The van der Waals surface area contributed by atoms with Crippen molar-refractivity contribution in [2.24, 2.45) is 0 Å². The van der Waals surface area contributed by atoms with E-state index in [1.165, 1.54) is 0 Å². The molecule has 2 heterocycles. The number of dihydropyridines is 1. The Balaban J connectivity index is 1.76. The molecule has 1 aromatic heterocycles. The zero-order valence-electron chi connectivity index (χ0n) is 18.2. The van der Waals surface area contributed by atoms with Crippen LogP contribution in [0.3, 0.4) is 0 Å². The monoisotopic (exact) mass is 416 g/mol. The van der Waals surface area contributed by atoms with Gasteiger partial charge in [0.05, 0.1) is 11.7 Å². The van der Waals surface area contributed by atoms with Crippen molar-refractivity contribution in [3.8, 4) is 0 Å². The number of allylic oxidation sites excluding steroid dienone is 3. The lowest BCUT2D eigenvalue weighted by Crippen LogP contribution is -2.36. The molecule has 1 N–H and O–H groups in total. The number of benzene rings is 1. The maximum Gasteiger partial charge on any atom is 0.337 e. The minimum Gasteiger partial charge on any atom is -0.459 e. The topological polar surface area (TPSA) is 68.3 Å². The first-order chi connectivity index (χ1) is 15.0. The van der Waals surface area contributed by atoms with E-state index >= 15 is 0 Å². The first kappa shape index (κ1) is 21.0. The van der Waals surface area contributed by atoms with Crippen LogP contribution in [0.1, 0.15) is 63.0 Å². The van der Waals surface area contributed by atoms with Crippen LogP contribution in [-0.2, 0) is 14.3 Å². The van der Waals surface area contributed by atoms with Crippen LogP contribution >= 0.6 is 0 Å². The molecule has 31 heavy (non-hydrogen) atoms. The molecular formula is C26H28N2O3. The summed E-state index contributed by atoms with van der Waals surface area (Å²) in [6.07, 6.45) is 5.11. The fourth-order valence-electron chi connectivity index (χ4n) is 4.49. The van der Waals surface area contributed by atoms with Crippen molar-refractivity contribution in [1.82, 2.24) is 10.3 Å². The second-order valence-electron chi connectivity index (χ2n) is 8.33. The van der Waals surface area contributed by atoms with Crippen LogP contribution in [-0.4, -0.2) is 22.8 Å². The van der Waals surface area contributed by atoms with Crippen LogP contribution < -0.4 is 5.32 Å². The Labute approximate surface area is 183 Å². The molecule has 0 fully saturated rings. The number of hydrogen-bond acceptors (Lipinski definition) is 5. The molecule has 1 aliphatic carbocycles. The van der Waals surface area contributed by atoms with E-state index < -0.39 is 5.92 Å². The number of nitrogens with zero attached hydrogens (tertiary/aromatic N) is 1. The number of hydrogen-bond donors (Lipinski definition) is 1. The van der Waals surface area contributed by atoms with Gasteiger partial charge in [-0.15, -0.1) is 0 Å². The standard InChI is InChI=1S/C26H28N2O3/c1-4-16(2)31-26(30)23-17(3)28-21-14-20(18-8-6-5-7-9-18)15-22(29)25(21)24(23)19-10-12-27-13-11-19/h5-13,16,20,24,28H,4,14-15H2,1-3H3/t16-,20-,24+/m0/s1. The summed E-state index contributed by atoms with van der Waals surface area (Å²) in [5.41, 5.74) is 4.89. The quantitative estimate of drug-likeness (QED) is 0.710. The largest absolute Gasteiger partial charge is 0.459 e. The molecule has 0 amide bonds. The second-order valence-corrected chi connectivity index (χ2v) is 8.33. The molecule has 0 bridgehead atoms. The van der Waals surface area contributed by atoms with Gasteiger partial charge in [0.15, 0.2) is 5.78 Å². The molecule has 4 rings (SSSR count). The van der Waals surface area contributed by atoms with E-state index in [2.05, 4.69) is 22.4 Å². The summed E-state index contributed by atoms with van der Waals surface area (Å²) in [6.45, 7) is 5.75. The fraction of sp³-hybridized carbons (Fsp3) is 0.346. The lowest BCUT2D eigenvalue weighted by atomic mass is 9.72. The number of nitrogens with one attached hydrogen (secondary N) is 1. The molecule has 2 aliphatic rings. The third-order valence-electron chi connectivity index (χ3n) is 6.24. The molecule has 160 valence electrons. The molecular weight excluding hydrogens is 388 g/mol. The van der Waals surface area contributed by atoms with Crippen LogP contribution in [0.5, 0.6) is 0 Å². The number of carbonyl (C=O) groups is 2. The van der Waals surface area contributed by atoms with Gasteiger partial charge in [0, 0.05) is 41.7 Å². The first-order valence-electron chi connectivity index (χ1n) is 10.9. The van der Waals surface area contributed by atoms with Crippen LogP contribution in [0.4, 0.5) is 0 Å². The predicted octanol–water partition coefficient (Wildman–Crippen LogP) is 4.78. The highest BCUT2D eigenvalue weighted by Gasteiger charge is 2.41. The SMILES string of the molecule is CC[C@H](C)OC(=O)C1=C(C)NC2=C(C(=O)C[C@@H](c3ccccc3)C2)[C@@H]1c1ccncc1. The number of carbonyl (C=O) groups excluding carboxylic acids is 2. The highest BCUT2D eigenvalue weighted by Crippen LogP contribution is 2.45. The van der Waals surface area contributed by atoms with E-state index in [0.717, 1.165) is 35.4 Å². The van der Waals surface area contributed by atoms with Gasteiger partial charge >= 0.3 is 5.97 Å². The van der Waals surface area contributed by atoms with E-state index in [-0.39, 0.29) is 23.8 Å². The van der Waals surface area contributed by atoms with Crippen LogP contribution in [0.15, 0.2) is 77.4 Å². The molecule has 0 saturated carbocycles. The first-order valence-corrected chi connectivity index (χ1v) is 10.9. The van der Waals surface area contributed by atoms with Crippen molar-refractivity contribution in [3.63, 3.8) is 0 Å². The van der Waals surface area contributed by atoms with Crippen molar-refractivity contribution in [1.29, 1.82) is 0 Å². The van der Waals surface area contributed by atoms with Crippen molar-refractivity contribution in [2.45, 2.75) is 58.0 Å². The summed E-state index contributed by atoms with van der Waals surface area (Å²) in [5.74, 6) is -0.615. The Morgan fingerprint density at radius 1 is 1.13 bits per heavy atom. The molecule has 0 radical (unpaired) electrons. The molecule has 1 aliphatic heterocycles. The number of ketones is 1. The number of ether oxygens (including phenoxy) is 1. The number of pyridine rings is 1. The van der Waals surface area contributed by atoms with Gasteiger partial charge in [0.2, 0.25) is 0 Å². The van der Waals surface area contributed by atoms with Gasteiger partial charge in [-0.3, -0.25) is 9.78 Å². The summed E-state index contributed by atoms with van der Waals surface area (Å²) >= 11 is 0. The van der Waals surface area contributed by atoms with Gasteiger partial charge in [-0.25, -0.2) is 4.79 Å². The van der Waals surface area contributed by atoms with E-state index in [0.29, 0.717) is 17.6 Å².